The normalized spacial score (nSPS) is 13.3. The zero-order valence-corrected chi connectivity index (χ0v) is 13.0. The van der Waals surface area contributed by atoms with E-state index in [-0.39, 0.29) is 17.9 Å². The number of sulfonamides is 1. The Morgan fingerprint density at radius 2 is 2.14 bits per heavy atom. The molecule has 0 radical (unpaired) electrons. The minimum Gasteiger partial charge on any atom is -0.388 e. The van der Waals surface area contributed by atoms with Crippen LogP contribution in [0.15, 0.2) is 39.9 Å². The first kappa shape index (κ1) is 16.1. The lowest BCUT2D eigenvalue weighted by molar-refractivity contribution is 0.169. The van der Waals surface area contributed by atoms with Crippen LogP contribution < -0.4 is 4.72 Å². The number of hydrogen-bond donors (Lipinski definition) is 2. The number of aryl methyl sites for hydroxylation is 1. The third-order valence-electron chi connectivity index (χ3n) is 3.06. The van der Waals surface area contributed by atoms with Crippen LogP contribution in [0.1, 0.15) is 23.7 Å². The summed E-state index contributed by atoms with van der Waals surface area (Å²) in [7, 11) is -3.70. The quantitative estimate of drug-likeness (QED) is 0.856. The number of aliphatic hydroxyl groups is 1. The Morgan fingerprint density at radius 3 is 2.76 bits per heavy atom. The number of nitrogens with one attached hydrogen (secondary N) is 1. The monoisotopic (exact) mass is 329 g/mol. The molecule has 0 fully saturated rings. The van der Waals surface area contributed by atoms with Gasteiger partial charge in [0.15, 0.2) is 0 Å². The average molecular weight is 329 g/mol. The molecule has 21 heavy (non-hydrogen) atoms. The lowest BCUT2D eigenvalue weighted by Crippen LogP contribution is -2.26. The van der Waals surface area contributed by atoms with Crippen LogP contribution in [0.4, 0.5) is 4.39 Å². The number of aliphatic hydroxyl groups excluding tert-OH is 1. The summed E-state index contributed by atoms with van der Waals surface area (Å²) in [5, 5.41) is 13.6. The number of thiophene rings is 1. The lowest BCUT2D eigenvalue weighted by Gasteiger charge is -2.12. The van der Waals surface area contributed by atoms with Crippen molar-refractivity contribution in [1.29, 1.82) is 0 Å². The van der Waals surface area contributed by atoms with Crippen molar-refractivity contribution in [3.05, 3.63) is 52.0 Å². The highest BCUT2D eigenvalue weighted by Crippen LogP contribution is 2.20. The predicted octanol–water partition coefficient (Wildman–Crippen LogP) is 2.60. The molecule has 0 aliphatic heterocycles. The van der Waals surface area contributed by atoms with Crippen LogP contribution in [0.5, 0.6) is 0 Å². The van der Waals surface area contributed by atoms with Crippen LogP contribution in [0.3, 0.4) is 0 Å². The van der Waals surface area contributed by atoms with Gasteiger partial charge in [0.1, 0.15) is 5.82 Å². The average Bonchev–Trinajstić information content (AvgIpc) is 2.91. The Kier molecular flexibility index (Phi) is 5.10. The highest BCUT2D eigenvalue weighted by Gasteiger charge is 2.17. The summed E-state index contributed by atoms with van der Waals surface area (Å²) in [6, 6.07) is 5.33. The summed E-state index contributed by atoms with van der Waals surface area (Å²) in [5.41, 5.74) is 1.12. The molecule has 0 saturated heterocycles. The van der Waals surface area contributed by atoms with Crippen LogP contribution >= 0.6 is 11.3 Å². The van der Waals surface area contributed by atoms with E-state index < -0.39 is 21.9 Å². The highest BCUT2D eigenvalue weighted by atomic mass is 32.2. The number of hydrogen-bond acceptors (Lipinski definition) is 4. The van der Waals surface area contributed by atoms with Crippen LogP contribution in [-0.4, -0.2) is 20.1 Å². The van der Waals surface area contributed by atoms with E-state index in [1.807, 2.05) is 10.8 Å². The van der Waals surface area contributed by atoms with Crippen molar-refractivity contribution in [2.24, 2.45) is 0 Å². The van der Waals surface area contributed by atoms with Gasteiger partial charge >= 0.3 is 0 Å². The second-order valence-electron chi connectivity index (χ2n) is 4.67. The molecule has 0 bridgehead atoms. The summed E-state index contributed by atoms with van der Waals surface area (Å²) in [4.78, 5) is 0.0499. The number of halogens is 1. The first-order valence-electron chi connectivity index (χ1n) is 6.36. The lowest BCUT2D eigenvalue weighted by atomic mass is 10.1. The first-order valence-corrected chi connectivity index (χ1v) is 8.79. The zero-order chi connectivity index (χ0) is 15.5. The Hall–Kier alpha value is -1.28. The van der Waals surface area contributed by atoms with Crippen molar-refractivity contribution >= 4 is 21.4 Å². The second kappa shape index (κ2) is 6.65. The third kappa shape index (κ3) is 4.10. The molecule has 1 aromatic heterocycles. The maximum Gasteiger partial charge on any atom is 0.240 e. The van der Waals surface area contributed by atoms with Gasteiger partial charge in [0, 0.05) is 6.54 Å². The van der Waals surface area contributed by atoms with Gasteiger partial charge in [0.05, 0.1) is 11.0 Å². The molecule has 2 rings (SSSR count). The van der Waals surface area contributed by atoms with Crippen LogP contribution in [-0.2, 0) is 10.0 Å². The molecule has 2 N–H and O–H groups in total. The van der Waals surface area contributed by atoms with Gasteiger partial charge in [-0.25, -0.2) is 17.5 Å². The van der Waals surface area contributed by atoms with E-state index in [1.165, 1.54) is 30.4 Å². The van der Waals surface area contributed by atoms with Gasteiger partial charge in [-0.3, -0.25) is 0 Å². The Labute approximate surface area is 127 Å². The van der Waals surface area contributed by atoms with E-state index in [2.05, 4.69) is 4.72 Å². The van der Waals surface area contributed by atoms with Crippen molar-refractivity contribution < 1.29 is 17.9 Å². The molecular formula is C14H16FNO3S2. The molecule has 4 nitrogen and oxygen atoms in total. The zero-order valence-electron chi connectivity index (χ0n) is 11.4. The highest BCUT2D eigenvalue weighted by molar-refractivity contribution is 7.89. The summed E-state index contributed by atoms with van der Waals surface area (Å²) in [6.07, 6.45) is -0.427. The Morgan fingerprint density at radius 1 is 1.38 bits per heavy atom. The van der Waals surface area contributed by atoms with Crippen molar-refractivity contribution in [3.63, 3.8) is 0 Å². The van der Waals surface area contributed by atoms with E-state index in [0.717, 1.165) is 11.6 Å². The maximum atomic E-state index is 13.0. The fourth-order valence-electron chi connectivity index (χ4n) is 1.95. The molecule has 1 atom stereocenters. The van der Waals surface area contributed by atoms with Crippen molar-refractivity contribution in [2.45, 2.75) is 24.3 Å². The molecule has 1 heterocycles. The van der Waals surface area contributed by atoms with E-state index in [1.54, 1.807) is 6.07 Å². The van der Waals surface area contributed by atoms with E-state index in [4.69, 9.17) is 0 Å². The first-order chi connectivity index (χ1) is 9.90. The molecule has 1 unspecified atom stereocenters. The van der Waals surface area contributed by atoms with E-state index in [0.29, 0.717) is 5.56 Å². The molecule has 2 aromatic rings. The Balaban J connectivity index is 1.98. The van der Waals surface area contributed by atoms with Crippen LogP contribution in [0.25, 0.3) is 0 Å². The standard InChI is InChI=1S/C14H16FNO3S2/c1-10-8-12(15)2-3-14(10)21(18,19)16-6-4-13(17)11-5-7-20-9-11/h2-3,5,7-9,13,16-17H,4,6H2,1H3. The van der Waals surface area contributed by atoms with Gasteiger partial charge in [-0.05, 0) is 59.5 Å². The summed E-state index contributed by atoms with van der Waals surface area (Å²) >= 11 is 1.47. The molecule has 0 aliphatic carbocycles. The van der Waals surface area contributed by atoms with Gasteiger partial charge in [-0.1, -0.05) is 0 Å². The number of benzene rings is 1. The van der Waals surface area contributed by atoms with Gasteiger partial charge in [-0.15, -0.1) is 0 Å². The SMILES string of the molecule is Cc1cc(F)ccc1S(=O)(=O)NCCC(O)c1ccsc1. The summed E-state index contributed by atoms with van der Waals surface area (Å²) in [6.45, 7) is 1.65. The molecule has 0 amide bonds. The molecular weight excluding hydrogens is 313 g/mol. The largest absolute Gasteiger partial charge is 0.388 e. The van der Waals surface area contributed by atoms with Crippen molar-refractivity contribution in [3.8, 4) is 0 Å². The van der Waals surface area contributed by atoms with Crippen molar-refractivity contribution in [2.75, 3.05) is 6.54 Å². The predicted molar refractivity (Wildman–Crippen MR) is 80.2 cm³/mol. The minimum atomic E-state index is -3.70. The van der Waals surface area contributed by atoms with Gasteiger partial charge in [-0.2, -0.15) is 11.3 Å². The van der Waals surface area contributed by atoms with E-state index in [9.17, 15) is 17.9 Å². The van der Waals surface area contributed by atoms with Crippen LogP contribution in [0.2, 0.25) is 0 Å². The fraction of sp³-hybridized carbons (Fsp3) is 0.286. The topological polar surface area (TPSA) is 66.4 Å². The molecule has 1 aromatic carbocycles. The summed E-state index contributed by atoms with van der Waals surface area (Å²) < 4.78 is 39.7. The molecule has 7 heteroatoms. The Bertz CT molecular complexity index is 699. The molecule has 0 saturated carbocycles. The second-order valence-corrected chi connectivity index (χ2v) is 7.18. The van der Waals surface area contributed by atoms with Gasteiger partial charge in [0.2, 0.25) is 10.0 Å². The summed E-state index contributed by atoms with van der Waals surface area (Å²) in [5.74, 6) is -0.473. The van der Waals surface area contributed by atoms with Gasteiger partial charge in [0.25, 0.3) is 0 Å². The number of rotatable bonds is 6. The molecule has 0 spiro atoms. The third-order valence-corrected chi connectivity index (χ3v) is 5.39. The minimum absolute atomic E-state index is 0.0499. The molecule has 114 valence electrons. The van der Waals surface area contributed by atoms with Crippen LogP contribution in [0, 0.1) is 12.7 Å². The van der Waals surface area contributed by atoms with Crippen molar-refractivity contribution in [1.82, 2.24) is 4.72 Å². The molecule has 0 aliphatic rings. The maximum absolute atomic E-state index is 13.0. The van der Waals surface area contributed by atoms with E-state index >= 15 is 0 Å². The smallest absolute Gasteiger partial charge is 0.240 e. The fourth-order valence-corrected chi connectivity index (χ4v) is 3.93. The van der Waals surface area contributed by atoms with Gasteiger partial charge < -0.3 is 5.11 Å².